The van der Waals surface area contributed by atoms with E-state index >= 15 is 0 Å². The van der Waals surface area contributed by atoms with Gasteiger partial charge in [0.05, 0.1) is 6.10 Å². The number of aliphatic hydroxyl groups is 1. The van der Waals surface area contributed by atoms with Gasteiger partial charge >= 0.3 is 0 Å². The first-order valence-electron chi connectivity index (χ1n) is 6.16. The Bertz CT molecular complexity index is 595. The molecule has 1 atom stereocenters. The first kappa shape index (κ1) is 14.6. The van der Waals surface area contributed by atoms with Gasteiger partial charge in [-0.3, -0.25) is 0 Å². The van der Waals surface area contributed by atoms with Crippen LogP contribution < -0.4 is 0 Å². The third-order valence-corrected chi connectivity index (χ3v) is 4.07. The molecule has 0 aliphatic heterocycles. The first-order chi connectivity index (χ1) is 8.97. The highest BCUT2D eigenvalue weighted by Crippen LogP contribution is 2.29. The zero-order valence-corrected chi connectivity index (χ0v) is 13.3. The SMILES string of the molecule is Cc1ccc(C)c(CC(O)c2cc(Br)ccc2Cl)c1. The monoisotopic (exact) mass is 338 g/mol. The van der Waals surface area contributed by atoms with Gasteiger partial charge in [0, 0.05) is 21.5 Å². The zero-order chi connectivity index (χ0) is 14.0. The number of benzene rings is 2. The lowest BCUT2D eigenvalue weighted by Gasteiger charge is -2.15. The van der Waals surface area contributed by atoms with Crippen molar-refractivity contribution in [1.82, 2.24) is 0 Å². The van der Waals surface area contributed by atoms with Crippen LogP contribution in [0.25, 0.3) is 0 Å². The number of aryl methyl sites for hydroxylation is 2. The molecule has 1 unspecified atom stereocenters. The van der Waals surface area contributed by atoms with Gasteiger partial charge in [-0.2, -0.15) is 0 Å². The molecule has 0 saturated carbocycles. The summed E-state index contributed by atoms with van der Waals surface area (Å²) in [6.45, 7) is 4.12. The fourth-order valence-electron chi connectivity index (χ4n) is 2.11. The first-order valence-corrected chi connectivity index (χ1v) is 7.33. The maximum absolute atomic E-state index is 10.4. The molecule has 0 fully saturated rings. The average Bonchev–Trinajstić information content (AvgIpc) is 2.36. The third kappa shape index (κ3) is 3.59. The fourth-order valence-corrected chi connectivity index (χ4v) is 2.73. The molecule has 0 amide bonds. The lowest BCUT2D eigenvalue weighted by atomic mass is 9.97. The summed E-state index contributed by atoms with van der Waals surface area (Å²) in [6, 6.07) is 11.8. The smallest absolute Gasteiger partial charge is 0.0845 e. The van der Waals surface area contributed by atoms with E-state index < -0.39 is 6.10 Å². The van der Waals surface area contributed by atoms with Gasteiger partial charge in [0.15, 0.2) is 0 Å². The second kappa shape index (κ2) is 6.08. The topological polar surface area (TPSA) is 20.2 Å². The summed E-state index contributed by atoms with van der Waals surface area (Å²) in [5.41, 5.74) is 4.31. The molecule has 0 saturated heterocycles. The van der Waals surface area contributed by atoms with Crippen molar-refractivity contribution in [2.45, 2.75) is 26.4 Å². The third-order valence-electron chi connectivity index (χ3n) is 3.23. The maximum atomic E-state index is 10.4. The van der Waals surface area contributed by atoms with E-state index in [9.17, 15) is 5.11 Å². The molecule has 0 aromatic heterocycles. The number of aliphatic hydroxyl groups excluding tert-OH is 1. The summed E-state index contributed by atoms with van der Waals surface area (Å²) in [5, 5.41) is 11.0. The van der Waals surface area contributed by atoms with Crippen molar-refractivity contribution in [2.24, 2.45) is 0 Å². The minimum absolute atomic E-state index is 0.573. The summed E-state index contributed by atoms with van der Waals surface area (Å²) >= 11 is 9.55. The molecule has 1 nitrogen and oxygen atoms in total. The quantitative estimate of drug-likeness (QED) is 0.834. The summed E-state index contributed by atoms with van der Waals surface area (Å²) in [5.74, 6) is 0. The van der Waals surface area contributed by atoms with Gasteiger partial charge in [-0.15, -0.1) is 0 Å². The molecule has 1 N–H and O–H groups in total. The summed E-state index contributed by atoms with van der Waals surface area (Å²) in [7, 11) is 0. The Kier molecular flexibility index (Phi) is 4.67. The van der Waals surface area contributed by atoms with E-state index in [2.05, 4.69) is 48.0 Å². The lowest BCUT2D eigenvalue weighted by molar-refractivity contribution is 0.178. The second-order valence-corrected chi connectivity index (χ2v) is 6.14. The predicted octanol–water partition coefficient (Wildman–Crippen LogP) is 5.00. The standard InChI is InChI=1S/C16H16BrClO/c1-10-3-4-11(2)12(7-10)8-16(19)14-9-13(17)5-6-15(14)18/h3-7,9,16,19H,8H2,1-2H3. The van der Waals surface area contributed by atoms with Crippen LogP contribution in [-0.2, 0) is 6.42 Å². The summed E-state index contributed by atoms with van der Waals surface area (Å²) in [4.78, 5) is 0. The summed E-state index contributed by atoms with van der Waals surface area (Å²) in [6.07, 6.45) is -0.0190. The highest BCUT2D eigenvalue weighted by atomic mass is 79.9. The van der Waals surface area contributed by atoms with Crippen LogP contribution in [0.4, 0.5) is 0 Å². The van der Waals surface area contributed by atoms with Crippen molar-refractivity contribution < 1.29 is 5.11 Å². The predicted molar refractivity (Wildman–Crippen MR) is 83.7 cm³/mol. The zero-order valence-electron chi connectivity index (χ0n) is 11.0. The Morgan fingerprint density at radius 3 is 2.63 bits per heavy atom. The van der Waals surface area contributed by atoms with Crippen LogP contribution in [0.2, 0.25) is 5.02 Å². The number of rotatable bonds is 3. The van der Waals surface area contributed by atoms with Crippen LogP contribution >= 0.6 is 27.5 Å². The average molecular weight is 340 g/mol. The maximum Gasteiger partial charge on any atom is 0.0845 e. The molecular weight excluding hydrogens is 324 g/mol. The van der Waals surface area contributed by atoms with Crippen molar-refractivity contribution in [3.8, 4) is 0 Å². The molecule has 0 spiro atoms. The van der Waals surface area contributed by atoms with Crippen LogP contribution in [0.5, 0.6) is 0 Å². The molecule has 3 heteroatoms. The van der Waals surface area contributed by atoms with Gasteiger partial charge in [-0.25, -0.2) is 0 Å². The Hall–Kier alpha value is -0.830. The Morgan fingerprint density at radius 2 is 1.89 bits per heavy atom. The minimum Gasteiger partial charge on any atom is -0.388 e. The van der Waals surface area contributed by atoms with E-state index in [0.29, 0.717) is 11.4 Å². The van der Waals surface area contributed by atoms with E-state index in [1.54, 1.807) is 6.07 Å². The molecule has 2 aromatic carbocycles. The Balaban J connectivity index is 2.27. The largest absolute Gasteiger partial charge is 0.388 e. The van der Waals surface area contributed by atoms with Crippen molar-refractivity contribution in [3.63, 3.8) is 0 Å². The molecule has 0 radical (unpaired) electrons. The molecule has 0 bridgehead atoms. The van der Waals surface area contributed by atoms with E-state index in [1.165, 1.54) is 11.1 Å². The van der Waals surface area contributed by atoms with Crippen LogP contribution in [-0.4, -0.2) is 5.11 Å². The van der Waals surface area contributed by atoms with E-state index in [4.69, 9.17) is 11.6 Å². The van der Waals surface area contributed by atoms with Crippen LogP contribution in [0.15, 0.2) is 40.9 Å². The molecule has 100 valence electrons. The number of hydrogen-bond acceptors (Lipinski definition) is 1. The van der Waals surface area contributed by atoms with Crippen LogP contribution in [0.3, 0.4) is 0 Å². The lowest BCUT2D eigenvalue weighted by Crippen LogP contribution is -2.04. The molecule has 0 heterocycles. The Morgan fingerprint density at radius 1 is 1.16 bits per heavy atom. The van der Waals surface area contributed by atoms with Crippen LogP contribution in [0, 0.1) is 13.8 Å². The highest BCUT2D eigenvalue weighted by Gasteiger charge is 2.14. The molecular formula is C16H16BrClO. The van der Waals surface area contributed by atoms with Crippen LogP contribution in [0.1, 0.15) is 28.4 Å². The van der Waals surface area contributed by atoms with Gasteiger partial charge in [0.1, 0.15) is 0 Å². The molecule has 0 aliphatic rings. The highest BCUT2D eigenvalue weighted by molar-refractivity contribution is 9.10. The van der Waals surface area contributed by atoms with E-state index in [-0.39, 0.29) is 0 Å². The molecule has 2 rings (SSSR count). The fraction of sp³-hybridized carbons (Fsp3) is 0.250. The van der Waals surface area contributed by atoms with Gasteiger partial charge in [-0.1, -0.05) is 51.3 Å². The number of hydrogen-bond donors (Lipinski definition) is 1. The molecule has 2 aromatic rings. The van der Waals surface area contributed by atoms with Gasteiger partial charge < -0.3 is 5.11 Å². The second-order valence-electron chi connectivity index (χ2n) is 4.82. The van der Waals surface area contributed by atoms with Gasteiger partial charge in [-0.05, 0) is 43.2 Å². The van der Waals surface area contributed by atoms with Crippen molar-refractivity contribution in [2.75, 3.05) is 0 Å². The Labute approximate surface area is 127 Å². The molecule has 0 aliphatic carbocycles. The van der Waals surface area contributed by atoms with Crippen molar-refractivity contribution in [1.29, 1.82) is 0 Å². The van der Waals surface area contributed by atoms with Gasteiger partial charge in [0.2, 0.25) is 0 Å². The number of halogens is 2. The van der Waals surface area contributed by atoms with E-state index in [1.807, 2.05) is 12.1 Å². The van der Waals surface area contributed by atoms with Crippen molar-refractivity contribution >= 4 is 27.5 Å². The van der Waals surface area contributed by atoms with Crippen molar-refractivity contribution in [3.05, 3.63) is 68.1 Å². The molecule has 19 heavy (non-hydrogen) atoms. The van der Waals surface area contributed by atoms with E-state index in [0.717, 1.165) is 15.6 Å². The van der Waals surface area contributed by atoms with Gasteiger partial charge in [0.25, 0.3) is 0 Å². The summed E-state index contributed by atoms with van der Waals surface area (Å²) < 4.78 is 0.923. The minimum atomic E-state index is -0.592. The normalized spacial score (nSPS) is 12.5.